The lowest BCUT2D eigenvalue weighted by Crippen LogP contribution is -2.19. The van der Waals surface area contributed by atoms with Crippen molar-refractivity contribution in [1.29, 1.82) is 0 Å². The Morgan fingerprint density at radius 2 is 2.33 bits per heavy atom. The summed E-state index contributed by atoms with van der Waals surface area (Å²) in [6, 6.07) is -1.11. The largest absolute Gasteiger partial charge is 0.370 e. The fraction of sp³-hybridized carbons (Fsp3) is 0.500. The van der Waals surface area contributed by atoms with Crippen LogP contribution < -0.4 is 5.73 Å². The number of nitrogens with zero attached hydrogens (tertiary/aromatic N) is 1. The minimum atomic E-state index is -1.11. The lowest BCUT2D eigenvalue weighted by molar-refractivity contribution is -0.120. The molecule has 0 saturated carbocycles. The maximum Gasteiger partial charge on any atom is 0.220 e. The molecule has 1 atom stereocenters. The van der Waals surface area contributed by atoms with Gasteiger partial charge in [-0.25, -0.2) is 0 Å². The summed E-state index contributed by atoms with van der Waals surface area (Å²) >= 11 is 0. The van der Waals surface area contributed by atoms with Crippen molar-refractivity contribution in [1.82, 2.24) is 0 Å². The quantitative estimate of drug-likeness (QED) is 0.398. The zero-order valence-corrected chi connectivity index (χ0v) is 4.61. The molecule has 0 radical (unpaired) electrons. The zero-order chi connectivity index (χ0) is 7.28. The van der Waals surface area contributed by atoms with E-state index in [1.165, 1.54) is 0 Å². The molecule has 1 amide bonds. The predicted molar refractivity (Wildman–Crippen MR) is 29.5 cm³/mol. The fourth-order valence-corrected chi connectivity index (χ4v) is 0.316. The Hall–Kier alpha value is -1.26. The molecule has 0 fully saturated rings. The van der Waals surface area contributed by atoms with Crippen molar-refractivity contribution >= 4 is 12.2 Å². The van der Waals surface area contributed by atoms with E-state index in [2.05, 4.69) is 10.9 Å². The lowest BCUT2D eigenvalue weighted by atomic mass is 10.2. The van der Waals surface area contributed by atoms with Crippen LogP contribution in [-0.2, 0) is 9.59 Å². The van der Waals surface area contributed by atoms with Crippen LogP contribution in [0.15, 0.2) is 5.18 Å². The van der Waals surface area contributed by atoms with Gasteiger partial charge in [-0.15, -0.1) is 0 Å². The first-order valence-corrected chi connectivity index (χ1v) is 2.26. The molecule has 2 N–H and O–H groups in total. The minimum absolute atomic E-state index is 0.289. The molecule has 9 heavy (non-hydrogen) atoms. The Morgan fingerprint density at radius 1 is 1.78 bits per heavy atom. The average Bonchev–Trinajstić information content (AvgIpc) is 1.82. The van der Waals surface area contributed by atoms with Gasteiger partial charge in [0.2, 0.25) is 5.91 Å². The number of rotatable bonds is 4. The van der Waals surface area contributed by atoms with Crippen molar-refractivity contribution in [3.63, 3.8) is 0 Å². The summed E-state index contributed by atoms with van der Waals surface area (Å²) in [5, 5.41) is 2.33. The normalized spacial score (nSPS) is 12.0. The number of hydrogen-bond acceptors (Lipinski definition) is 4. The number of carbonyl (C=O) groups excluding carboxylic acids is 2. The molecular weight excluding hydrogens is 124 g/mol. The van der Waals surface area contributed by atoms with Crippen molar-refractivity contribution in [3.8, 4) is 0 Å². The molecule has 0 unspecified atom stereocenters. The molecule has 5 nitrogen and oxygen atoms in total. The first kappa shape index (κ1) is 7.74. The molecule has 0 spiro atoms. The van der Waals surface area contributed by atoms with Gasteiger partial charge in [-0.1, -0.05) is 5.18 Å². The number of hydrogen-bond donors (Lipinski definition) is 1. The second-order valence-electron chi connectivity index (χ2n) is 1.48. The monoisotopic (exact) mass is 130 g/mol. The summed E-state index contributed by atoms with van der Waals surface area (Å²) in [5.74, 6) is -0.702. The molecule has 5 heteroatoms. The molecule has 0 saturated heterocycles. The standard InChI is InChI=1S/C4H6N2O3/c5-4(8)1-3(2-7)6-9/h2-3H,1H2,(H2,5,8)/t3-/m0/s1. The Labute approximate surface area is 51.2 Å². The number of amides is 1. The van der Waals surface area contributed by atoms with Crippen molar-refractivity contribution in [3.05, 3.63) is 4.91 Å². The molecule has 0 aromatic carbocycles. The van der Waals surface area contributed by atoms with Gasteiger partial charge in [0.25, 0.3) is 0 Å². The molecular formula is C4H6N2O3. The average molecular weight is 130 g/mol. The van der Waals surface area contributed by atoms with E-state index in [9.17, 15) is 14.5 Å². The van der Waals surface area contributed by atoms with Gasteiger partial charge in [-0.2, -0.15) is 4.91 Å². The topological polar surface area (TPSA) is 89.6 Å². The molecule has 0 aromatic heterocycles. The highest BCUT2D eigenvalue weighted by molar-refractivity contribution is 5.78. The van der Waals surface area contributed by atoms with E-state index >= 15 is 0 Å². The van der Waals surface area contributed by atoms with Crippen molar-refractivity contribution < 1.29 is 9.59 Å². The predicted octanol–water partition coefficient (Wildman–Crippen LogP) is -0.804. The highest BCUT2D eigenvalue weighted by Crippen LogP contribution is 1.90. The van der Waals surface area contributed by atoms with Gasteiger partial charge in [-0.3, -0.25) is 4.79 Å². The Morgan fingerprint density at radius 3 is 2.44 bits per heavy atom. The first-order valence-electron chi connectivity index (χ1n) is 2.26. The maximum atomic E-state index is 9.99. The van der Waals surface area contributed by atoms with E-state index in [4.69, 9.17) is 0 Å². The van der Waals surface area contributed by atoms with Gasteiger partial charge < -0.3 is 10.5 Å². The highest BCUT2D eigenvalue weighted by Gasteiger charge is 2.08. The van der Waals surface area contributed by atoms with Crippen molar-refractivity contribution in [2.45, 2.75) is 12.5 Å². The first-order chi connectivity index (χ1) is 4.20. The van der Waals surface area contributed by atoms with Crippen molar-refractivity contribution in [2.75, 3.05) is 0 Å². The fourth-order valence-electron chi connectivity index (χ4n) is 0.316. The van der Waals surface area contributed by atoms with Gasteiger partial charge >= 0.3 is 0 Å². The minimum Gasteiger partial charge on any atom is -0.370 e. The Bertz CT molecular complexity index is 126. The lowest BCUT2D eigenvalue weighted by Gasteiger charge is -1.92. The molecule has 0 aliphatic rings. The zero-order valence-electron chi connectivity index (χ0n) is 4.61. The number of nitroso groups, excluding NO2 is 1. The van der Waals surface area contributed by atoms with Crippen LogP contribution in [0.4, 0.5) is 0 Å². The van der Waals surface area contributed by atoms with E-state index < -0.39 is 11.9 Å². The second-order valence-corrected chi connectivity index (χ2v) is 1.48. The molecule has 0 rings (SSSR count). The van der Waals surface area contributed by atoms with Crippen LogP contribution in [0, 0.1) is 4.91 Å². The highest BCUT2D eigenvalue weighted by atomic mass is 16.3. The van der Waals surface area contributed by atoms with Crippen LogP contribution >= 0.6 is 0 Å². The Balaban J connectivity index is 3.68. The summed E-state index contributed by atoms with van der Waals surface area (Å²) in [6.45, 7) is 0. The summed E-state index contributed by atoms with van der Waals surface area (Å²) in [4.78, 5) is 29.3. The SMILES string of the molecule is NC(=O)C[C@@H](C=O)N=O. The van der Waals surface area contributed by atoms with Crippen LogP contribution in [0.3, 0.4) is 0 Å². The molecule has 0 aromatic rings. The third-order valence-corrected chi connectivity index (χ3v) is 0.703. The van der Waals surface area contributed by atoms with E-state index in [0.717, 1.165) is 0 Å². The second kappa shape index (κ2) is 3.71. The van der Waals surface area contributed by atoms with Gasteiger partial charge in [-0.05, 0) is 0 Å². The maximum absolute atomic E-state index is 9.99. The van der Waals surface area contributed by atoms with Crippen LogP contribution in [0.25, 0.3) is 0 Å². The van der Waals surface area contributed by atoms with Crippen LogP contribution in [-0.4, -0.2) is 18.2 Å². The van der Waals surface area contributed by atoms with Gasteiger partial charge in [0.1, 0.15) is 6.29 Å². The third-order valence-electron chi connectivity index (χ3n) is 0.703. The summed E-state index contributed by atoms with van der Waals surface area (Å²) in [6.07, 6.45) is -0.00917. The van der Waals surface area contributed by atoms with E-state index in [1.807, 2.05) is 0 Å². The molecule has 0 bridgehead atoms. The summed E-state index contributed by atoms with van der Waals surface area (Å²) in [5.41, 5.74) is 4.65. The van der Waals surface area contributed by atoms with Gasteiger partial charge in [0.15, 0.2) is 6.04 Å². The van der Waals surface area contributed by atoms with E-state index in [0.29, 0.717) is 0 Å². The van der Waals surface area contributed by atoms with Crippen LogP contribution in [0.1, 0.15) is 6.42 Å². The van der Waals surface area contributed by atoms with Gasteiger partial charge in [0.05, 0.1) is 6.42 Å². The molecule has 0 heterocycles. The number of aldehydes is 1. The Kier molecular flexibility index (Phi) is 3.19. The number of nitrogens with two attached hydrogens (primary N) is 1. The number of primary amides is 1. The molecule has 50 valence electrons. The third kappa shape index (κ3) is 3.33. The van der Waals surface area contributed by atoms with Crippen LogP contribution in [0.2, 0.25) is 0 Å². The van der Waals surface area contributed by atoms with Crippen LogP contribution in [0.5, 0.6) is 0 Å². The molecule has 0 aliphatic carbocycles. The smallest absolute Gasteiger partial charge is 0.220 e. The van der Waals surface area contributed by atoms with Gasteiger partial charge in [0, 0.05) is 0 Å². The van der Waals surface area contributed by atoms with E-state index in [-0.39, 0.29) is 12.7 Å². The summed E-state index contributed by atoms with van der Waals surface area (Å²) in [7, 11) is 0. The molecule has 0 aliphatic heterocycles. The van der Waals surface area contributed by atoms with Crippen molar-refractivity contribution in [2.24, 2.45) is 10.9 Å². The summed E-state index contributed by atoms with van der Waals surface area (Å²) < 4.78 is 0. The number of carbonyl (C=O) groups is 2. The van der Waals surface area contributed by atoms with E-state index in [1.54, 1.807) is 0 Å².